The van der Waals surface area contributed by atoms with Crippen LogP contribution < -0.4 is 5.43 Å². The highest BCUT2D eigenvalue weighted by Gasteiger charge is 2.11. The average molecular weight is 285 g/mol. The molecule has 1 aromatic rings. The van der Waals surface area contributed by atoms with Gasteiger partial charge in [-0.3, -0.25) is 4.79 Å². The van der Waals surface area contributed by atoms with Crippen LogP contribution in [0.5, 0.6) is 0 Å². The van der Waals surface area contributed by atoms with Gasteiger partial charge in [0.25, 0.3) is 5.91 Å². The van der Waals surface area contributed by atoms with Crippen molar-refractivity contribution in [2.24, 2.45) is 5.10 Å². The molecular weight excluding hydrogens is 271 g/mol. The van der Waals surface area contributed by atoms with Gasteiger partial charge in [0.05, 0.1) is 10.6 Å². The molecule has 0 spiro atoms. The number of carbonyl (C=O) groups excluding carboxylic acids is 1. The van der Waals surface area contributed by atoms with E-state index in [2.05, 4.69) is 10.5 Å². The Balaban J connectivity index is 2.03. The molecule has 1 aromatic carbocycles. The lowest BCUT2D eigenvalue weighted by molar-refractivity contribution is 0.0954. The fourth-order valence-corrected chi connectivity index (χ4v) is 2.43. The highest BCUT2D eigenvalue weighted by molar-refractivity contribution is 6.36. The molecule has 96 valence electrons. The predicted octanol–water partition coefficient (Wildman–Crippen LogP) is 4.04. The zero-order valence-electron chi connectivity index (χ0n) is 9.88. The number of nitrogens with zero attached hydrogens (tertiary/aromatic N) is 1. The van der Waals surface area contributed by atoms with E-state index in [4.69, 9.17) is 23.2 Å². The quantitative estimate of drug-likeness (QED) is 0.818. The number of benzene rings is 1. The maximum Gasteiger partial charge on any atom is 0.272 e. The van der Waals surface area contributed by atoms with Gasteiger partial charge in [-0.1, -0.05) is 29.6 Å². The minimum Gasteiger partial charge on any atom is -0.267 e. The summed E-state index contributed by atoms with van der Waals surface area (Å²) in [6.07, 6.45) is 5.48. The van der Waals surface area contributed by atoms with Gasteiger partial charge in [0.1, 0.15) is 0 Å². The predicted molar refractivity (Wildman–Crippen MR) is 74.4 cm³/mol. The monoisotopic (exact) mass is 284 g/mol. The van der Waals surface area contributed by atoms with Gasteiger partial charge in [-0.05, 0) is 43.9 Å². The molecule has 18 heavy (non-hydrogen) atoms. The minimum absolute atomic E-state index is 0.297. The van der Waals surface area contributed by atoms with Gasteiger partial charge in [0.15, 0.2) is 0 Å². The van der Waals surface area contributed by atoms with E-state index in [-0.39, 0.29) is 5.91 Å². The molecule has 1 amide bonds. The van der Waals surface area contributed by atoms with Crippen LogP contribution in [0.1, 0.15) is 42.5 Å². The van der Waals surface area contributed by atoms with Crippen LogP contribution in [-0.4, -0.2) is 11.6 Å². The van der Waals surface area contributed by atoms with Crippen LogP contribution >= 0.6 is 23.2 Å². The lowest BCUT2D eigenvalue weighted by Crippen LogP contribution is -2.21. The SMILES string of the molecule is O=C(NN=C1CCCCC1)c1ccc(Cl)cc1Cl. The van der Waals surface area contributed by atoms with Gasteiger partial charge in [-0.25, -0.2) is 5.43 Å². The number of hydrogen-bond acceptors (Lipinski definition) is 2. The van der Waals surface area contributed by atoms with Gasteiger partial charge in [0, 0.05) is 10.7 Å². The molecule has 5 heteroatoms. The molecule has 1 saturated carbocycles. The number of hydrogen-bond donors (Lipinski definition) is 1. The second-order valence-corrected chi connectivity index (χ2v) is 5.15. The van der Waals surface area contributed by atoms with E-state index < -0.39 is 0 Å². The Kier molecular flexibility index (Phi) is 4.61. The summed E-state index contributed by atoms with van der Waals surface area (Å²) >= 11 is 11.7. The number of amides is 1. The summed E-state index contributed by atoms with van der Waals surface area (Å²) in [5.41, 5.74) is 4.00. The van der Waals surface area contributed by atoms with Gasteiger partial charge in [-0.2, -0.15) is 5.10 Å². The first-order valence-corrected chi connectivity index (χ1v) is 6.73. The Morgan fingerprint density at radius 2 is 1.89 bits per heavy atom. The van der Waals surface area contributed by atoms with Crippen molar-refractivity contribution in [2.45, 2.75) is 32.1 Å². The van der Waals surface area contributed by atoms with Crippen LogP contribution in [0.25, 0.3) is 0 Å². The van der Waals surface area contributed by atoms with Gasteiger partial charge in [0.2, 0.25) is 0 Å². The first-order valence-electron chi connectivity index (χ1n) is 5.97. The normalized spacial score (nSPS) is 15.3. The summed E-state index contributed by atoms with van der Waals surface area (Å²) in [7, 11) is 0. The highest BCUT2D eigenvalue weighted by Crippen LogP contribution is 2.21. The fraction of sp³-hybridized carbons (Fsp3) is 0.385. The maximum absolute atomic E-state index is 11.9. The van der Waals surface area contributed by atoms with E-state index in [0.717, 1.165) is 31.4 Å². The highest BCUT2D eigenvalue weighted by atomic mass is 35.5. The summed E-state index contributed by atoms with van der Waals surface area (Å²) in [6.45, 7) is 0. The summed E-state index contributed by atoms with van der Waals surface area (Å²) in [4.78, 5) is 11.9. The third kappa shape index (κ3) is 3.47. The maximum atomic E-state index is 11.9. The second kappa shape index (κ2) is 6.21. The Morgan fingerprint density at radius 3 is 2.56 bits per heavy atom. The molecule has 0 unspecified atom stereocenters. The van der Waals surface area contributed by atoms with E-state index in [0.29, 0.717) is 15.6 Å². The third-order valence-corrected chi connectivity index (χ3v) is 3.47. The van der Waals surface area contributed by atoms with Crippen LogP contribution in [0.15, 0.2) is 23.3 Å². The van der Waals surface area contributed by atoms with Crippen LogP contribution in [0, 0.1) is 0 Å². The van der Waals surface area contributed by atoms with E-state index in [9.17, 15) is 4.79 Å². The number of halogens is 2. The molecule has 1 fully saturated rings. The minimum atomic E-state index is -0.297. The largest absolute Gasteiger partial charge is 0.272 e. The number of carbonyl (C=O) groups is 1. The smallest absolute Gasteiger partial charge is 0.267 e. The van der Waals surface area contributed by atoms with Crippen LogP contribution in [0.2, 0.25) is 10.0 Å². The van der Waals surface area contributed by atoms with Gasteiger partial charge in [-0.15, -0.1) is 0 Å². The molecule has 1 aliphatic carbocycles. The molecule has 2 rings (SSSR count). The third-order valence-electron chi connectivity index (χ3n) is 2.92. The van der Waals surface area contributed by atoms with Crippen LogP contribution in [0.3, 0.4) is 0 Å². The standard InChI is InChI=1S/C13H14Cl2N2O/c14-9-6-7-11(12(15)8-9)13(18)17-16-10-4-2-1-3-5-10/h6-8H,1-5H2,(H,17,18). The molecule has 0 aliphatic heterocycles. The van der Waals surface area contributed by atoms with Crippen molar-refractivity contribution in [3.8, 4) is 0 Å². The van der Waals surface area contributed by atoms with E-state index in [1.54, 1.807) is 18.2 Å². The van der Waals surface area contributed by atoms with Crippen molar-refractivity contribution in [3.63, 3.8) is 0 Å². The van der Waals surface area contributed by atoms with E-state index >= 15 is 0 Å². The molecule has 0 bridgehead atoms. The summed E-state index contributed by atoms with van der Waals surface area (Å²) in [5.74, 6) is -0.297. The zero-order chi connectivity index (χ0) is 13.0. The Hall–Kier alpha value is -1.06. The molecule has 0 aromatic heterocycles. The Morgan fingerprint density at radius 1 is 1.17 bits per heavy atom. The molecule has 1 N–H and O–H groups in total. The molecule has 0 saturated heterocycles. The second-order valence-electron chi connectivity index (χ2n) is 4.30. The van der Waals surface area contributed by atoms with E-state index in [1.807, 2.05) is 0 Å². The lowest BCUT2D eigenvalue weighted by atomic mass is 9.99. The first-order chi connectivity index (χ1) is 8.66. The summed E-state index contributed by atoms with van der Waals surface area (Å²) in [5, 5.41) is 4.99. The van der Waals surface area contributed by atoms with Crippen molar-refractivity contribution in [1.29, 1.82) is 0 Å². The molecule has 0 radical (unpaired) electrons. The van der Waals surface area contributed by atoms with Crippen molar-refractivity contribution < 1.29 is 4.79 Å². The van der Waals surface area contributed by atoms with Crippen LogP contribution in [0.4, 0.5) is 0 Å². The number of rotatable bonds is 2. The zero-order valence-corrected chi connectivity index (χ0v) is 11.4. The first kappa shape index (κ1) is 13.4. The lowest BCUT2D eigenvalue weighted by Gasteiger charge is -2.12. The van der Waals surface area contributed by atoms with E-state index in [1.165, 1.54) is 6.42 Å². The fourth-order valence-electron chi connectivity index (χ4n) is 1.94. The summed E-state index contributed by atoms with van der Waals surface area (Å²) < 4.78 is 0. The topological polar surface area (TPSA) is 41.5 Å². The molecule has 3 nitrogen and oxygen atoms in total. The average Bonchev–Trinajstić information content (AvgIpc) is 2.37. The Bertz CT molecular complexity index is 478. The molecule has 0 atom stereocenters. The molecule has 1 aliphatic rings. The molecule has 0 heterocycles. The summed E-state index contributed by atoms with van der Waals surface area (Å²) in [6, 6.07) is 4.78. The number of nitrogens with one attached hydrogen (secondary N) is 1. The van der Waals surface area contributed by atoms with Gasteiger partial charge >= 0.3 is 0 Å². The van der Waals surface area contributed by atoms with Crippen molar-refractivity contribution in [2.75, 3.05) is 0 Å². The van der Waals surface area contributed by atoms with Crippen molar-refractivity contribution >= 4 is 34.8 Å². The Labute approximate surface area is 116 Å². The van der Waals surface area contributed by atoms with Gasteiger partial charge < -0.3 is 0 Å². The van der Waals surface area contributed by atoms with Crippen molar-refractivity contribution in [1.82, 2.24) is 5.43 Å². The molecular formula is C13H14Cl2N2O. The van der Waals surface area contributed by atoms with Crippen molar-refractivity contribution in [3.05, 3.63) is 33.8 Å². The van der Waals surface area contributed by atoms with Crippen LogP contribution in [-0.2, 0) is 0 Å². The number of hydrazone groups is 1.